The summed E-state index contributed by atoms with van der Waals surface area (Å²) in [7, 11) is 1.66. The summed E-state index contributed by atoms with van der Waals surface area (Å²) in [6.45, 7) is 3.03. The first-order valence-electron chi connectivity index (χ1n) is 9.26. The highest BCUT2D eigenvalue weighted by Gasteiger charge is 2.22. The van der Waals surface area contributed by atoms with Crippen molar-refractivity contribution in [3.8, 4) is 11.4 Å². The first kappa shape index (κ1) is 22.6. The summed E-state index contributed by atoms with van der Waals surface area (Å²) in [6, 6.07) is 10.9. The normalized spacial score (nSPS) is 12.0. The second kappa shape index (κ2) is 10.8. The Morgan fingerprint density at radius 1 is 1.23 bits per heavy atom. The molecule has 0 saturated carbocycles. The molecule has 0 aliphatic rings. The van der Waals surface area contributed by atoms with Crippen molar-refractivity contribution in [2.45, 2.75) is 30.3 Å². The van der Waals surface area contributed by atoms with E-state index in [1.165, 1.54) is 11.8 Å². The smallest absolute Gasteiger partial charge is 0.237 e. The Morgan fingerprint density at radius 2 is 2.03 bits per heavy atom. The number of benzene rings is 1. The third kappa shape index (κ3) is 5.51. The summed E-state index contributed by atoms with van der Waals surface area (Å²) in [5.41, 5.74) is 1.25. The number of pyridine rings is 1. The summed E-state index contributed by atoms with van der Waals surface area (Å²) in [6.07, 6.45) is 2.33. The molecule has 2 aromatic heterocycles. The lowest BCUT2D eigenvalue weighted by Crippen LogP contribution is -2.23. The van der Waals surface area contributed by atoms with Crippen molar-refractivity contribution in [1.82, 2.24) is 19.7 Å². The van der Waals surface area contributed by atoms with E-state index in [1.807, 2.05) is 28.8 Å². The lowest BCUT2D eigenvalue weighted by molar-refractivity contribution is -0.115. The molecule has 0 saturated heterocycles. The van der Waals surface area contributed by atoms with Crippen LogP contribution >= 0.6 is 35.0 Å². The summed E-state index contributed by atoms with van der Waals surface area (Å²) in [5.74, 6) is 0.447. The molecule has 1 aromatic carbocycles. The van der Waals surface area contributed by atoms with Gasteiger partial charge in [-0.05, 0) is 37.6 Å². The number of nitrogens with zero attached hydrogens (tertiary/aromatic N) is 4. The van der Waals surface area contributed by atoms with Crippen molar-refractivity contribution in [3.63, 3.8) is 0 Å². The van der Waals surface area contributed by atoms with Gasteiger partial charge in [-0.1, -0.05) is 47.1 Å². The van der Waals surface area contributed by atoms with Gasteiger partial charge in [0.2, 0.25) is 5.91 Å². The highest BCUT2D eigenvalue weighted by molar-refractivity contribution is 8.00. The Labute approximate surface area is 189 Å². The van der Waals surface area contributed by atoms with Gasteiger partial charge in [0.1, 0.15) is 0 Å². The molecule has 0 aliphatic heterocycles. The van der Waals surface area contributed by atoms with Crippen LogP contribution in [0.15, 0.2) is 47.8 Å². The first-order chi connectivity index (χ1) is 14.5. The van der Waals surface area contributed by atoms with Gasteiger partial charge in [-0.25, -0.2) is 4.98 Å². The molecule has 158 valence electrons. The van der Waals surface area contributed by atoms with Gasteiger partial charge in [-0.2, -0.15) is 0 Å². The highest BCUT2D eigenvalue weighted by Crippen LogP contribution is 2.31. The molecule has 0 spiro atoms. The van der Waals surface area contributed by atoms with Gasteiger partial charge in [0, 0.05) is 32.0 Å². The fourth-order valence-corrected chi connectivity index (χ4v) is 3.97. The number of amides is 1. The third-order valence-electron chi connectivity index (χ3n) is 4.23. The molecule has 3 rings (SSSR count). The fraction of sp³-hybridized carbons (Fsp3) is 0.300. The molecule has 1 amide bonds. The van der Waals surface area contributed by atoms with Crippen molar-refractivity contribution < 1.29 is 9.53 Å². The first-order valence-corrected chi connectivity index (χ1v) is 10.9. The maximum atomic E-state index is 12.7. The number of methoxy groups -OCH3 is 1. The van der Waals surface area contributed by atoms with E-state index in [0.29, 0.717) is 34.8 Å². The number of hydrogen-bond acceptors (Lipinski definition) is 6. The molecule has 7 nitrogen and oxygen atoms in total. The number of hydrogen-bond donors (Lipinski definition) is 1. The third-order valence-corrected chi connectivity index (χ3v) is 5.94. The molecule has 1 unspecified atom stereocenters. The zero-order valence-corrected chi connectivity index (χ0v) is 18.8. The van der Waals surface area contributed by atoms with E-state index in [0.717, 1.165) is 12.0 Å². The average molecular weight is 466 g/mol. The van der Waals surface area contributed by atoms with Crippen LogP contribution in [-0.4, -0.2) is 44.6 Å². The van der Waals surface area contributed by atoms with Gasteiger partial charge in [0.15, 0.2) is 16.1 Å². The summed E-state index contributed by atoms with van der Waals surface area (Å²) in [5, 5.41) is 12.5. The minimum Gasteiger partial charge on any atom is -0.385 e. The predicted octanol–water partition coefficient (Wildman–Crippen LogP) is 4.80. The number of ether oxygens (including phenoxy) is 1. The molecule has 2 heterocycles. The molecule has 1 atom stereocenters. The second-order valence-electron chi connectivity index (χ2n) is 6.38. The molecule has 10 heteroatoms. The van der Waals surface area contributed by atoms with Crippen LogP contribution in [0.4, 0.5) is 5.69 Å². The number of nitrogens with one attached hydrogen (secondary N) is 1. The number of aromatic nitrogens is 4. The van der Waals surface area contributed by atoms with Gasteiger partial charge in [-0.15, -0.1) is 10.2 Å². The molecule has 0 fully saturated rings. The summed E-state index contributed by atoms with van der Waals surface area (Å²) in [4.78, 5) is 16.6. The Balaban J connectivity index is 1.81. The molecule has 0 bridgehead atoms. The monoisotopic (exact) mass is 465 g/mol. The van der Waals surface area contributed by atoms with E-state index in [4.69, 9.17) is 27.9 Å². The Bertz CT molecular complexity index is 1010. The Morgan fingerprint density at radius 3 is 2.77 bits per heavy atom. The number of thioether (sulfide) groups is 1. The quantitative estimate of drug-likeness (QED) is 0.277. The van der Waals surface area contributed by atoms with Crippen LogP contribution in [0.2, 0.25) is 10.2 Å². The Kier molecular flexibility index (Phi) is 8.09. The van der Waals surface area contributed by atoms with Crippen LogP contribution in [0.1, 0.15) is 13.3 Å². The minimum atomic E-state index is -0.439. The van der Waals surface area contributed by atoms with Crippen molar-refractivity contribution in [3.05, 3.63) is 52.8 Å². The number of carbonyl (C=O) groups is 1. The largest absolute Gasteiger partial charge is 0.385 e. The van der Waals surface area contributed by atoms with E-state index in [-0.39, 0.29) is 11.1 Å². The number of anilines is 1. The van der Waals surface area contributed by atoms with Crippen LogP contribution in [0, 0.1) is 0 Å². The van der Waals surface area contributed by atoms with Crippen LogP contribution in [-0.2, 0) is 16.1 Å². The molecule has 30 heavy (non-hydrogen) atoms. The van der Waals surface area contributed by atoms with Crippen LogP contribution in [0.3, 0.4) is 0 Å². The van der Waals surface area contributed by atoms with Crippen LogP contribution < -0.4 is 5.32 Å². The highest BCUT2D eigenvalue weighted by atomic mass is 35.5. The topological polar surface area (TPSA) is 81.9 Å². The lowest BCUT2D eigenvalue weighted by atomic mass is 10.2. The van der Waals surface area contributed by atoms with E-state index >= 15 is 0 Å². The van der Waals surface area contributed by atoms with Crippen molar-refractivity contribution in [2.75, 3.05) is 19.0 Å². The fourth-order valence-electron chi connectivity index (χ4n) is 2.71. The standard InChI is InChI=1S/C20H21Cl2N5O2S/c1-13(19(28)24-16-9-5-10-23-17(16)22)30-20-26-25-18(27(20)11-6-12-29-2)14-7-3-4-8-15(14)21/h3-5,7-10,13H,6,11-12H2,1-2H3,(H,24,28). The SMILES string of the molecule is COCCCn1c(SC(C)C(=O)Nc2cccnc2Cl)nnc1-c1ccccc1Cl. The second-order valence-corrected chi connectivity index (χ2v) is 8.45. The maximum absolute atomic E-state index is 12.7. The van der Waals surface area contributed by atoms with Crippen molar-refractivity contribution in [1.29, 1.82) is 0 Å². The van der Waals surface area contributed by atoms with Gasteiger partial charge in [0.25, 0.3) is 0 Å². The van der Waals surface area contributed by atoms with E-state index in [2.05, 4.69) is 20.5 Å². The average Bonchev–Trinajstić information content (AvgIpc) is 3.12. The molecular formula is C20H21Cl2N5O2S. The molecular weight excluding hydrogens is 445 g/mol. The van der Waals surface area contributed by atoms with Gasteiger partial charge >= 0.3 is 0 Å². The van der Waals surface area contributed by atoms with E-state index in [9.17, 15) is 4.79 Å². The van der Waals surface area contributed by atoms with Crippen molar-refractivity contribution >= 4 is 46.6 Å². The summed E-state index contributed by atoms with van der Waals surface area (Å²) >= 11 is 13.7. The number of halogens is 2. The molecule has 0 radical (unpaired) electrons. The minimum absolute atomic E-state index is 0.208. The number of rotatable bonds is 9. The Hall–Kier alpha value is -2.13. The lowest BCUT2D eigenvalue weighted by Gasteiger charge is -2.14. The van der Waals surface area contributed by atoms with Gasteiger partial charge in [0.05, 0.1) is 16.0 Å². The number of carbonyl (C=O) groups excluding carboxylic acids is 1. The van der Waals surface area contributed by atoms with Crippen molar-refractivity contribution in [2.24, 2.45) is 0 Å². The maximum Gasteiger partial charge on any atom is 0.237 e. The predicted molar refractivity (Wildman–Crippen MR) is 120 cm³/mol. The van der Waals surface area contributed by atoms with Gasteiger partial charge < -0.3 is 14.6 Å². The van der Waals surface area contributed by atoms with E-state index in [1.54, 1.807) is 32.4 Å². The van der Waals surface area contributed by atoms with Crippen LogP contribution in [0.25, 0.3) is 11.4 Å². The zero-order valence-electron chi connectivity index (χ0n) is 16.5. The van der Waals surface area contributed by atoms with Gasteiger partial charge in [-0.3, -0.25) is 4.79 Å². The van der Waals surface area contributed by atoms with Crippen LogP contribution in [0.5, 0.6) is 0 Å². The van der Waals surface area contributed by atoms with E-state index < -0.39 is 5.25 Å². The molecule has 3 aromatic rings. The molecule has 1 N–H and O–H groups in total. The zero-order chi connectivity index (χ0) is 21.5. The summed E-state index contributed by atoms with van der Waals surface area (Å²) < 4.78 is 7.14. The molecule has 0 aliphatic carbocycles.